The molecule has 3 rings (SSSR count). The van der Waals surface area contributed by atoms with E-state index in [-0.39, 0.29) is 17.0 Å². The van der Waals surface area contributed by atoms with E-state index in [0.717, 1.165) is 37.1 Å². The van der Waals surface area contributed by atoms with Gasteiger partial charge in [0.15, 0.2) is 0 Å². The lowest BCUT2D eigenvalue weighted by Gasteiger charge is -2.28. The minimum Gasteiger partial charge on any atom is -0.406 e. The zero-order chi connectivity index (χ0) is 18.8. The van der Waals surface area contributed by atoms with Gasteiger partial charge in [0.1, 0.15) is 18.4 Å². The molecule has 1 aromatic heterocycles. The second kappa shape index (κ2) is 7.23. The van der Waals surface area contributed by atoms with Crippen molar-refractivity contribution in [2.75, 3.05) is 0 Å². The van der Waals surface area contributed by atoms with Crippen molar-refractivity contribution in [1.82, 2.24) is 19.5 Å². The van der Waals surface area contributed by atoms with Crippen LogP contribution < -0.4 is 9.46 Å². The molecule has 1 aliphatic carbocycles. The maximum absolute atomic E-state index is 12.4. The standard InChI is InChI=1S/C15H17F3N4O3S/c16-15(17,18)25-13-5-7-14(8-6-13)26(23,24)21-11-1-3-12(4-2-11)22-10-19-9-20-22/h5-12,21H,1-4H2. The average Bonchev–Trinajstić information content (AvgIpc) is 3.09. The van der Waals surface area contributed by atoms with Crippen LogP contribution in [0.25, 0.3) is 0 Å². The summed E-state index contributed by atoms with van der Waals surface area (Å²) in [5.41, 5.74) is 0. The molecule has 7 nitrogen and oxygen atoms in total. The predicted octanol–water partition coefficient (Wildman–Crippen LogP) is 2.64. The number of ether oxygens (including phenoxy) is 1. The number of nitrogens with one attached hydrogen (secondary N) is 1. The van der Waals surface area contributed by atoms with Crippen LogP contribution in [0.5, 0.6) is 5.75 Å². The highest BCUT2D eigenvalue weighted by atomic mass is 32.2. The lowest BCUT2D eigenvalue weighted by atomic mass is 9.92. The van der Waals surface area contributed by atoms with Gasteiger partial charge in [-0.25, -0.2) is 22.8 Å². The second-order valence-corrected chi connectivity index (χ2v) is 7.74. The lowest BCUT2D eigenvalue weighted by molar-refractivity contribution is -0.274. The molecule has 1 heterocycles. The Morgan fingerprint density at radius 3 is 2.31 bits per heavy atom. The Morgan fingerprint density at radius 2 is 1.77 bits per heavy atom. The van der Waals surface area contributed by atoms with Gasteiger partial charge >= 0.3 is 6.36 Å². The Labute approximate surface area is 148 Å². The minimum absolute atomic E-state index is 0.106. The van der Waals surface area contributed by atoms with Crippen LogP contribution in [0.15, 0.2) is 41.8 Å². The Balaban J connectivity index is 1.59. The van der Waals surface area contributed by atoms with Gasteiger partial charge in [0.2, 0.25) is 10.0 Å². The number of nitrogens with zero attached hydrogens (tertiary/aromatic N) is 3. The van der Waals surface area contributed by atoms with Gasteiger partial charge in [-0.3, -0.25) is 0 Å². The number of hydrogen-bond donors (Lipinski definition) is 1. The molecule has 11 heteroatoms. The third-order valence-electron chi connectivity index (χ3n) is 4.20. The van der Waals surface area contributed by atoms with Gasteiger partial charge in [0, 0.05) is 6.04 Å². The first-order valence-corrected chi connectivity index (χ1v) is 9.43. The molecule has 0 radical (unpaired) electrons. The smallest absolute Gasteiger partial charge is 0.406 e. The molecule has 0 saturated heterocycles. The zero-order valence-corrected chi connectivity index (χ0v) is 14.4. The summed E-state index contributed by atoms with van der Waals surface area (Å²) in [6, 6.07) is 4.09. The highest BCUT2D eigenvalue weighted by Crippen LogP contribution is 2.29. The average molecular weight is 390 g/mol. The van der Waals surface area contributed by atoms with E-state index in [1.54, 1.807) is 11.0 Å². The molecule has 0 bridgehead atoms. The van der Waals surface area contributed by atoms with Crippen molar-refractivity contribution < 1.29 is 26.3 Å². The summed E-state index contributed by atoms with van der Waals surface area (Å²) in [7, 11) is -3.81. The maximum Gasteiger partial charge on any atom is 0.573 e. The second-order valence-electron chi connectivity index (χ2n) is 6.02. The van der Waals surface area contributed by atoms with Crippen molar-refractivity contribution in [3.63, 3.8) is 0 Å². The molecule has 0 atom stereocenters. The summed E-state index contributed by atoms with van der Waals surface area (Å²) in [6.07, 6.45) is 1.07. The van der Waals surface area contributed by atoms with Gasteiger partial charge in [-0.2, -0.15) is 5.10 Å². The molecule has 1 N–H and O–H groups in total. The van der Waals surface area contributed by atoms with Crippen molar-refractivity contribution in [3.05, 3.63) is 36.9 Å². The Kier molecular flexibility index (Phi) is 5.19. The van der Waals surface area contributed by atoms with Crippen LogP contribution >= 0.6 is 0 Å². The van der Waals surface area contributed by atoms with E-state index in [4.69, 9.17) is 0 Å². The number of sulfonamides is 1. The number of hydrogen-bond acceptors (Lipinski definition) is 5. The minimum atomic E-state index is -4.82. The van der Waals surface area contributed by atoms with Crippen molar-refractivity contribution in [2.45, 2.75) is 49.0 Å². The fourth-order valence-electron chi connectivity index (χ4n) is 2.97. The first-order valence-electron chi connectivity index (χ1n) is 7.95. The Morgan fingerprint density at radius 1 is 1.12 bits per heavy atom. The van der Waals surface area contributed by atoms with Gasteiger partial charge in [-0.1, -0.05) is 0 Å². The van der Waals surface area contributed by atoms with Crippen LogP contribution in [0.2, 0.25) is 0 Å². The van der Waals surface area contributed by atoms with E-state index >= 15 is 0 Å². The van der Waals surface area contributed by atoms with Gasteiger partial charge < -0.3 is 4.74 Å². The molecule has 0 aliphatic heterocycles. The molecule has 0 unspecified atom stereocenters. The SMILES string of the molecule is O=S(=O)(NC1CCC(n2cncn2)CC1)c1ccc(OC(F)(F)F)cc1. The number of alkyl halides is 3. The third kappa shape index (κ3) is 4.73. The topological polar surface area (TPSA) is 86.1 Å². The number of aromatic nitrogens is 3. The summed E-state index contributed by atoms with van der Waals surface area (Å²) in [4.78, 5) is 3.80. The van der Waals surface area contributed by atoms with Gasteiger partial charge in [0.25, 0.3) is 0 Å². The van der Waals surface area contributed by atoms with Crippen LogP contribution in [-0.4, -0.2) is 35.6 Å². The van der Waals surface area contributed by atoms with Crippen LogP contribution in [0.4, 0.5) is 13.2 Å². The predicted molar refractivity (Wildman–Crippen MR) is 84.8 cm³/mol. The summed E-state index contributed by atoms with van der Waals surface area (Å²) in [5, 5.41) is 4.10. The van der Waals surface area contributed by atoms with E-state index in [2.05, 4.69) is 19.5 Å². The highest BCUT2D eigenvalue weighted by molar-refractivity contribution is 7.89. The van der Waals surface area contributed by atoms with E-state index in [1.165, 1.54) is 6.33 Å². The number of benzene rings is 1. The Bertz CT molecular complexity index is 815. The molecule has 1 aromatic carbocycles. The van der Waals surface area contributed by atoms with Gasteiger partial charge in [-0.15, -0.1) is 13.2 Å². The largest absolute Gasteiger partial charge is 0.573 e. The van der Waals surface area contributed by atoms with Crippen LogP contribution in [0, 0.1) is 0 Å². The highest BCUT2D eigenvalue weighted by Gasteiger charge is 2.31. The summed E-state index contributed by atoms with van der Waals surface area (Å²) in [5.74, 6) is -0.468. The van der Waals surface area contributed by atoms with Crippen molar-refractivity contribution >= 4 is 10.0 Å². The fraction of sp³-hybridized carbons (Fsp3) is 0.467. The molecular formula is C15H17F3N4O3S. The first kappa shape index (κ1) is 18.6. The third-order valence-corrected chi connectivity index (χ3v) is 5.73. The van der Waals surface area contributed by atoms with Gasteiger partial charge in [0.05, 0.1) is 10.9 Å². The number of rotatable bonds is 5. The molecule has 142 valence electrons. The van der Waals surface area contributed by atoms with Crippen molar-refractivity contribution in [3.8, 4) is 5.75 Å². The maximum atomic E-state index is 12.4. The van der Waals surface area contributed by atoms with Crippen molar-refractivity contribution in [2.24, 2.45) is 0 Å². The lowest BCUT2D eigenvalue weighted by Crippen LogP contribution is -2.38. The molecule has 1 fully saturated rings. The van der Waals surface area contributed by atoms with E-state index in [1.807, 2.05) is 0 Å². The Hall–Kier alpha value is -2.14. The molecule has 0 spiro atoms. The quantitative estimate of drug-likeness (QED) is 0.848. The molecule has 1 aliphatic rings. The monoisotopic (exact) mass is 390 g/mol. The normalized spacial score (nSPS) is 21.5. The zero-order valence-electron chi connectivity index (χ0n) is 13.6. The molecule has 2 aromatic rings. The summed E-state index contributed by atoms with van der Waals surface area (Å²) in [6.45, 7) is 0. The van der Waals surface area contributed by atoms with Crippen LogP contribution in [0.3, 0.4) is 0 Å². The van der Waals surface area contributed by atoms with Crippen LogP contribution in [0.1, 0.15) is 31.7 Å². The first-order chi connectivity index (χ1) is 12.2. The number of halogens is 3. The molecule has 26 heavy (non-hydrogen) atoms. The van der Waals surface area contributed by atoms with E-state index < -0.39 is 22.1 Å². The van der Waals surface area contributed by atoms with Crippen molar-refractivity contribution in [1.29, 1.82) is 0 Å². The summed E-state index contributed by atoms with van der Waals surface area (Å²) < 4.78 is 69.4. The van der Waals surface area contributed by atoms with Crippen LogP contribution in [-0.2, 0) is 10.0 Å². The fourth-order valence-corrected chi connectivity index (χ4v) is 4.28. The molecule has 1 saturated carbocycles. The van der Waals surface area contributed by atoms with Gasteiger partial charge in [-0.05, 0) is 49.9 Å². The summed E-state index contributed by atoms with van der Waals surface area (Å²) >= 11 is 0. The van der Waals surface area contributed by atoms with E-state index in [0.29, 0.717) is 12.8 Å². The molecule has 0 amide bonds. The van der Waals surface area contributed by atoms with E-state index in [9.17, 15) is 21.6 Å². The molecular weight excluding hydrogens is 373 g/mol.